The van der Waals surface area contributed by atoms with Crippen molar-refractivity contribution < 1.29 is 19.4 Å². The van der Waals surface area contributed by atoms with Crippen LogP contribution < -0.4 is 0 Å². The highest BCUT2D eigenvalue weighted by Gasteiger charge is 2.21. The molecule has 110 valence electrons. The minimum absolute atomic E-state index is 0.190. The van der Waals surface area contributed by atoms with Gasteiger partial charge in [0.1, 0.15) is 0 Å². The molecule has 4 heteroatoms. The van der Waals surface area contributed by atoms with E-state index in [2.05, 4.69) is 0 Å². The van der Waals surface area contributed by atoms with Gasteiger partial charge >= 0.3 is 11.9 Å². The maximum Gasteiger partial charge on any atom is 0.313 e. The van der Waals surface area contributed by atoms with Gasteiger partial charge in [0.2, 0.25) is 0 Å². The largest absolute Gasteiger partial charge is 0.481 e. The number of carbonyl (C=O) groups excluding carboxylic acids is 1. The summed E-state index contributed by atoms with van der Waals surface area (Å²) in [6.07, 6.45) is 3.18. The van der Waals surface area contributed by atoms with Crippen LogP contribution in [0.5, 0.6) is 0 Å². The predicted molar refractivity (Wildman–Crippen MR) is 76.5 cm³/mol. The Morgan fingerprint density at radius 3 is 2.45 bits per heavy atom. The molecular weight excluding hydrogens is 256 g/mol. The average molecular weight is 278 g/mol. The molecule has 0 saturated heterocycles. The summed E-state index contributed by atoms with van der Waals surface area (Å²) >= 11 is 0. The Kier molecular flexibility index (Phi) is 7.40. The molecule has 0 radical (unpaired) electrons. The molecule has 0 saturated carbocycles. The van der Waals surface area contributed by atoms with Gasteiger partial charge in [-0.15, -0.1) is 0 Å². The molecule has 0 aromatic heterocycles. The topological polar surface area (TPSA) is 63.6 Å². The number of rotatable bonds is 9. The average Bonchev–Trinajstić information content (AvgIpc) is 2.43. The smallest absolute Gasteiger partial charge is 0.313 e. The number of hydrogen-bond donors (Lipinski definition) is 1. The number of esters is 1. The lowest BCUT2D eigenvalue weighted by Gasteiger charge is -2.15. The highest BCUT2D eigenvalue weighted by atomic mass is 16.5. The van der Waals surface area contributed by atoms with Crippen LogP contribution in [0.1, 0.15) is 50.5 Å². The van der Waals surface area contributed by atoms with Crippen molar-refractivity contribution in [1.82, 2.24) is 0 Å². The summed E-state index contributed by atoms with van der Waals surface area (Å²) in [6, 6.07) is 9.59. The third-order valence-corrected chi connectivity index (χ3v) is 3.16. The van der Waals surface area contributed by atoms with Crippen molar-refractivity contribution in [2.24, 2.45) is 0 Å². The summed E-state index contributed by atoms with van der Waals surface area (Å²) in [5, 5.41) is 8.58. The number of aliphatic carboxylic acids is 1. The summed E-state index contributed by atoms with van der Waals surface area (Å²) in [5.41, 5.74) is 0.962. The lowest BCUT2D eigenvalue weighted by Crippen LogP contribution is -2.16. The van der Waals surface area contributed by atoms with Gasteiger partial charge in [-0.2, -0.15) is 0 Å². The van der Waals surface area contributed by atoms with E-state index >= 15 is 0 Å². The third kappa shape index (κ3) is 5.87. The molecule has 0 aliphatic carbocycles. The monoisotopic (exact) mass is 278 g/mol. The molecule has 1 unspecified atom stereocenters. The maximum absolute atomic E-state index is 12.0. The first-order valence-corrected chi connectivity index (χ1v) is 7.08. The fourth-order valence-electron chi connectivity index (χ4n) is 2.15. The van der Waals surface area contributed by atoms with Gasteiger partial charge in [-0.3, -0.25) is 9.59 Å². The highest BCUT2D eigenvalue weighted by molar-refractivity contribution is 5.78. The number of carboxylic acid groups (broad SMARTS) is 1. The normalized spacial score (nSPS) is 11.8. The van der Waals surface area contributed by atoms with Gasteiger partial charge in [-0.05, 0) is 25.3 Å². The zero-order valence-electron chi connectivity index (χ0n) is 11.9. The standard InChI is InChI=1S/C16H22O4/c1-2-20-16(19)14(13-9-5-3-6-10-13)11-7-4-8-12-15(17)18/h3,5-6,9-10,14H,2,4,7-8,11-12H2,1H3,(H,17,18). The molecule has 0 bridgehead atoms. The van der Waals surface area contributed by atoms with E-state index in [0.29, 0.717) is 19.4 Å². The lowest BCUT2D eigenvalue weighted by atomic mass is 9.93. The van der Waals surface area contributed by atoms with Crippen molar-refractivity contribution in [2.75, 3.05) is 6.61 Å². The van der Waals surface area contributed by atoms with Crippen LogP contribution in [0.15, 0.2) is 30.3 Å². The maximum atomic E-state index is 12.0. The fourth-order valence-corrected chi connectivity index (χ4v) is 2.15. The van der Waals surface area contributed by atoms with Crippen molar-refractivity contribution in [2.45, 2.75) is 44.9 Å². The summed E-state index contributed by atoms with van der Waals surface area (Å²) < 4.78 is 5.12. The Hall–Kier alpha value is -1.84. The van der Waals surface area contributed by atoms with E-state index in [4.69, 9.17) is 9.84 Å². The highest BCUT2D eigenvalue weighted by Crippen LogP contribution is 2.24. The molecule has 20 heavy (non-hydrogen) atoms. The zero-order chi connectivity index (χ0) is 14.8. The van der Waals surface area contributed by atoms with Crippen LogP contribution in [-0.2, 0) is 14.3 Å². The summed E-state index contributed by atoms with van der Waals surface area (Å²) in [7, 11) is 0. The number of hydrogen-bond acceptors (Lipinski definition) is 3. The quantitative estimate of drug-likeness (QED) is 0.555. The first kappa shape index (κ1) is 16.2. The Bertz CT molecular complexity index is 414. The molecule has 4 nitrogen and oxygen atoms in total. The van der Waals surface area contributed by atoms with E-state index in [1.54, 1.807) is 6.92 Å². The molecule has 1 aromatic rings. The number of ether oxygens (including phenoxy) is 1. The van der Waals surface area contributed by atoms with Crippen LogP contribution in [0.3, 0.4) is 0 Å². The molecule has 1 atom stereocenters. The van der Waals surface area contributed by atoms with Gasteiger partial charge in [-0.1, -0.05) is 43.2 Å². The molecule has 0 amide bonds. The number of carbonyl (C=O) groups is 2. The molecule has 1 rings (SSSR count). The van der Waals surface area contributed by atoms with Gasteiger partial charge in [0.05, 0.1) is 12.5 Å². The zero-order valence-corrected chi connectivity index (χ0v) is 11.9. The van der Waals surface area contributed by atoms with E-state index in [0.717, 1.165) is 18.4 Å². The third-order valence-electron chi connectivity index (χ3n) is 3.16. The Morgan fingerprint density at radius 2 is 1.85 bits per heavy atom. The number of benzene rings is 1. The molecule has 0 fully saturated rings. The van der Waals surface area contributed by atoms with Crippen LogP contribution in [0.25, 0.3) is 0 Å². The summed E-state index contributed by atoms with van der Waals surface area (Å²) in [4.78, 5) is 22.4. The van der Waals surface area contributed by atoms with Crippen molar-refractivity contribution >= 4 is 11.9 Å². The molecule has 1 aromatic carbocycles. The van der Waals surface area contributed by atoms with E-state index in [-0.39, 0.29) is 18.3 Å². The van der Waals surface area contributed by atoms with E-state index in [1.807, 2.05) is 30.3 Å². The van der Waals surface area contributed by atoms with E-state index in [1.165, 1.54) is 0 Å². The van der Waals surface area contributed by atoms with Gasteiger partial charge in [0.25, 0.3) is 0 Å². The molecule has 0 aliphatic rings. The minimum Gasteiger partial charge on any atom is -0.481 e. The van der Waals surface area contributed by atoms with Gasteiger partial charge in [-0.25, -0.2) is 0 Å². The second kappa shape index (κ2) is 9.13. The van der Waals surface area contributed by atoms with Crippen molar-refractivity contribution in [3.8, 4) is 0 Å². The second-order valence-corrected chi connectivity index (χ2v) is 4.71. The van der Waals surface area contributed by atoms with Gasteiger partial charge in [0, 0.05) is 6.42 Å². The minimum atomic E-state index is -0.769. The Morgan fingerprint density at radius 1 is 1.15 bits per heavy atom. The first-order valence-electron chi connectivity index (χ1n) is 7.08. The molecule has 0 aliphatic heterocycles. The summed E-state index contributed by atoms with van der Waals surface area (Å²) in [5.74, 6) is -1.21. The first-order chi connectivity index (χ1) is 9.65. The lowest BCUT2D eigenvalue weighted by molar-refractivity contribution is -0.145. The van der Waals surface area contributed by atoms with Crippen LogP contribution in [0.4, 0.5) is 0 Å². The number of carboxylic acids is 1. The van der Waals surface area contributed by atoms with E-state index in [9.17, 15) is 9.59 Å². The van der Waals surface area contributed by atoms with Crippen LogP contribution >= 0.6 is 0 Å². The van der Waals surface area contributed by atoms with Crippen molar-refractivity contribution in [1.29, 1.82) is 0 Å². The molecule has 1 N–H and O–H groups in total. The fraction of sp³-hybridized carbons (Fsp3) is 0.500. The van der Waals surface area contributed by atoms with Crippen LogP contribution in [0.2, 0.25) is 0 Å². The van der Waals surface area contributed by atoms with Crippen LogP contribution in [-0.4, -0.2) is 23.7 Å². The molecular formula is C16H22O4. The Labute approximate surface area is 119 Å². The Balaban J connectivity index is 2.51. The van der Waals surface area contributed by atoms with Crippen molar-refractivity contribution in [3.05, 3.63) is 35.9 Å². The van der Waals surface area contributed by atoms with Crippen LogP contribution in [0, 0.1) is 0 Å². The van der Waals surface area contributed by atoms with Crippen molar-refractivity contribution in [3.63, 3.8) is 0 Å². The summed E-state index contributed by atoms with van der Waals surface area (Å²) in [6.45, 7) is 2.17. The molecule has 0 spiro atoms. The number of unbranched alkanes of at least 4 members (excludes halogenated alkanes) is 2. The second-order valence-electron chi connectivity index (χ2n) is 4.71. The SMILES string of the molecule is CCOC(=O)C(CCCCCC(=O)O)c1ccccc1. The predicted octanol–water partition coefficient (Wildman–Crippen LogP) is 3.37. The van der Waals surface area contributed by atoms with Gasteiger partial charge < -0.3 is 9.84 Å². The molecule has 0 heterocycles. The van der Waals surface area contributed by atoms with Gasteiger partial charge in [0.15, 0.2) is 0 Å². The van der Waals surface area contributed by atoms with E-state index < -0.39 is 5.97 Å².